The summed E-state index contributed by atoms with van der Waals surface area (Å²) in [4.78, 5) is 15.7. The van der Waals surface area contributed by atoms with Crippen molar-refractivity contribution >= 4 is 21.4 Å². The van der Waals surface area contributed by atoms with Gasteiger partial charge in [0.2, 0.25) is 0 Å². The van der Waals surface area contributed by atoms with Crippen molar-refractivity contribution in [1.29, 1.82) is 5.26 Å². The molecule has 1 amide bonds. The minimum atomic E-state index is -4.38. The number of halogens is 3. The largest absolute Gasteiger partial charge is 0.416 e. The number of hydrogen-bond donors (Lipinski definition) is 1. The molecule has 0 spiro atoms. The van der Waals surface area contributed by atoms with Crippen LogP contribution in [-0.4, -0.2) is 45.9 Å². The van der Waals surface area contributed by atoms with E-state index in [4.69, 9.17) is 4.74 Å². The highest BCUT2D eigenvalue weighted by atomic mass is 32.2. The summed E-state index contributed by atoms with van der Waals surface area (Å²) in [5.41, 5.74) is 2.10. The molecule has 3 aromatic rings. The smallest absolute Gasteiger partial charge is 0.379 e. The van der Waals surface area contributed by atoms with Gasteiger partial charge in [0.25, 0.3) is 5.91 Å². The van der Waals surface area contributed by atoms with E-state index in [9.17, 15) is 31.6 Å². The number of alkyl halides is 3. The lowest BCUT2D eigenvalue weighted by Gasteiger charge is -2.41. The average Bonchev–Trinajstić information content (AvgIpc) is 3.89. The van der Waals surface area contributed by atoms with Crippen molar-refractivity contribution in [3.05, 3.63) is 95.1 Å². The second-order valence-electron chi connectivity index (χ2n) is 12.1. The third-order valence-corrected chi connectivity index (χ3v) is 10.6. The molecule has 5 rings (SSSR count). The fourth-order valence-corrected chi connectivity index (χ4v) is 6.74. The van der Waals surface area contributed by atoms with Crippen LogP contribution in [0.3, 0.4) is 0 Å². The molecule has 1 saturated carbocycles. The van der Waals surface area contributed by atoms with Crippen LogP contribution in [0.1, 0.15) is 78.0 Å². The second kappa shape index (κ2) is 14.3. The van der Waals surface area contributed by atoms with Crippen molar-refractivity contribution in [2.45, 2.75) is 68.1 Å². The average molecular weight is 654 g/mol. The van der Waals surface area contributed by atoms with Crippen molar-refractivity contribution < 1.29 is 31.1 Å². The summed E-state index contributed by atoms with van der Waals surface area (Å²) in [6.45, 7) is 3.45. The molecule has 2 fully saturated rings. The topological polar surface area (TPSA) is 99.5 Å². The van der Waals surface area contributed by atoms with Gasteiger partial charge >= 0.3 is 6.18 Å². The van der Waals surface area contributed by atoms with Gasteiger partial charge in [0, 0.05) is 30.3 Å². The van der Waals surface area contributed by atoms with Crippen LogP contribution in [0, 0.1) is 17.2 Å². The maximum absolute atomic E-state index is 13.2. The number of rotatable bonds is 12. The maximum atomic E-state index is 13.2. The number of nitriles is 1. The van der Waals surface area contributed by atoms with Gasteiger partial charge in [-0.05, 0) is 91.3 Å². The van der Waals surface area contributed by atoms with Crippen LogP contribution in [0.15, 0.2) is 77.7 Å². The monoisotopic (exact) mass is 653 g/mol. The molecule has 0 radical (unpaired) electrons. The summed E-state index contributed by atoms with van der Waals surface area (Å²) in [5, 5.41) is 12.3. The first-order valence-electron chi connectivity index (χ1n) is 15.6. The molecular formula is C35H38F3N3O4S. The Morgan fingerprint density at radius 2 is 1.65 bits per heavy atom. The molecule has 1 unspecified atom stereocenters. The first kappa shape index (κ1) is 33.5. The van der Waals surface area contributed by atoms with E-state index in [2.05, 4.69) is 16.3 Å². The third kappa shape index (κ3) is 8.28. The van der Waals surface area contributed by atoms with E-state index in [-0.39, 0.29) is 34.9 Å². The molecule has 3 atom stereocenters. The highest BCUT2D eigenvalue weighted by Crippen LogP contribution is 2.36. The first-order chi connectivity index (χ1) is 22.0. The molecule has 1 aliphatic carbocycles. The number of hydrogen-bond acceptors (Lipinski definition) is 6. The standard InChI is InChI=1S/C35H38F3N3O4S/c1-2-46(43,44)32-17-10-26(11-18-32)33(19-20-39)40-34(42)27-7-14-30(15-8-27)41-21-28(9-16-31(41)23-45-22-24-3-4-24)25-5-12-29(13-6-25)35(36,37)38/h5-8,10-15,17-18,24,28,31,33H,2-4,9,16,19,21-23H2,1H3,(H,40,42)/t28?,31-,33+/m0/s1. The van der Waals surface area contributed by atoms with Crippen molar-refractivity contribution in [3.8, 4) is 6.07 Å². The van der Waals surface area contributed by atoms with E-state index in [0.29, 0.717) is 30.2 Å². The van der Waals surface area contributed by atoms with Crippen LogP contribution in [0.5, 0.6) is 0 Å². The van der Waals surface area contributed by atoms with Gasteiger partial charge in [-0.1, -0.05) is 31.2 Å². The van der Waals surface area contributed by atoms with Crippen molar-refractivity contribution in [2.24, 2.45) is 5.92 Å². The Balaban J connectivity index is 1.30. The molecule has 1 heterocycles. The first-order valence-corrected chi connectivity index (χ1v) is 17.3. The Kier molecular flexibility index (Phi) is 10.4. The van der Waals surface area contributed by atoms with E-state index in [0.717, 1.165) is 42.8 Å². The van der Waals surface area contributed by atoms with Gasteiger partial charge in [-0.3, -0.25) is 4.79 Å². The molecule has 7 nitrogen and oxygen atoms in total. The van der Waals surface area contributed by atoms with Crippen LogP contribution >= 0.6 is 0 Å². The molecule has 0 bridgehead atoms. The number of carbonyl (C=O) groups excluding carboxylic acids is 1. The van der Waals surface area contributed by atoms with E-state index in [1.54, 1.807) is 43.3 Å². The van der Waals surface area contributed by atoms with Gasteiger partial charge in [0.05, 0.1) is 47.4 Å². The quantitative estimate of drug-likeness (QED) is 0.225. The molecule has 1 saturated heterocycles. The number of amides is 1. The number of piperidine rings is 1. The molecular weight excluding hydrogens is 615 g/mol. The van der Waals surface area contributed by atoms with E-state index < -0.39 is 27.6 Å². The zero-order valence-electron chi connectivity index (χ0n) is 25.7. The molecule has 0 aromatic heterocycles. The number of benzene rings is 3. The lowest BCUT2D eigenvalue weighted by Crippen LogP contribution is -2.45. The lowest BCUT2D eigenvalue weighted by molar-refractivity contribution is -0.137. The van der Waals surface area contributed by atoms with E-state index in [1.807, 2.05) is 12.1 Å². The Hall–Kier alpha value is -3.88. The SMILES string of the molecule is CCS(=O)(=O)c1ccc([C@@H](CC#N)NC(=O)c2ccc(N3CC(c4ccc(C(F)(F)F)cc4)CC[C@H]3COCC3CC3)cc2)cc1. The number of carbonyl (C=O) groups is 1. The van der Waals surface area contributed by atoms with Crippen LogP contribution in [0.25, 0.3) is 0 Å². The molecule has 1 aliphatic heterocycles. The minimum Gasteiger partial charge on any atom is -0.379 e. The highest BCUT2D eigenvalue weighted by Gasteiger charge is 2.33. The van der Waals surface area contributed by atoms with Gasteiger partial charge in [-0.15, -0.1) is 0 Å². The summed E-state index contributed by atoms with van der Waals surface area (Å²) in [6, 6.07) is 20.3. The summed E-state index contributed by atoms with van der Waals surface area (Å²) >= 11 is 0. The predicted octanol–water partition coefficient (Wildman–Crippen LogP) is 7.06. The van der Waals surface area contributed by atoms with Crippen LogP contribution in [-0.2, 0) is 20.8 Å². The Morgan fingerprint density at radius 3 is 2.24 bits per heavy atom. The molecule has 3 aromatic carbocycles. The van der Waals surface area contributed by atoms with Gasteiger partial charge in [0.15, 0.2) is 9.84 Å². The van der Waals surface area contributed by atoms with Crippen LogP contribution in [0.2, 0.25) is 0 Å². The number of anilines is 1. The Morgan fingerprint density at radius 1 is 0.978 bits per heavy atom. The number of sulfone groups is 1. The Labute approximate surface area is 268 Å². The van der Waals surface area contributed by atoms with Crippen molar-refractivity contribution in [3.63, 3.8) is 0 Å². The summed E-state index contributed by atoms with van der Waals surface area (Å²) < 4.78 is 69.8. The predicted molar refractivity (Wildman–Crippen MR) is 169 cm³/mol. The normalized spacial score (nSPS) is 19.3. The van der Waals surface area contributed by atoms with Crippen LogP contribution < -0.4 is 10.2 Å². The molecule has 1 N–H and O–H groups in total. The number of nitrogens with zero attached hydrogens (tertiary/aromatic N) is 2. The molecule has 11 heteroatoms. The fourth-order valence-electron chi connectivity index (χ4n) is 5.85. The van der Waals surface area contributed by atoms with Gasteiger partial charge in [-0.25, -0.2) is 8.42 Å². The van der Waals surface area contributed by atoms with Gasteiger partial charge in [-0.2, -0.15) is 18.4 Å². The molecule has 244 valence electrons. The maximum Gasteiger partial charge on any atom is 0.416 e. The third-order valence-electron chi connectivity index (χ3n) is 8.86. The molecule has 2 aliphatic rings. The summed E-state index contributed by atoms with van der Waals surface area (Å²) in [6.07, 6.45) is -0.361. The lowest BCUT2D eigenvalue weighted by atomic mass is 9.86. The van der Waals surface area contributed by atoms with Gasteiger partial charge < -0.3 is 15.0 Å². The highest BCUT2D eigenvalue weighted by molar-refractivity contribution is 7.91. The number of ether oxygens (including phenoxy) is 1. The second-order valence-corrected chi connectivity index (χ2v) is 14.4. The van der Waals surface area contributed by atoms with Crippen molar-refractivity contribution in [2.75, 3.05) is 30.4 Å². The van der Waals surface area contributed by atoms with E-state index in [1.165, 1.54) is 25.0 Å². The fraction of sp³-hybridized carbons (Fsp3) is 0.429. The zero-order valence-corrected chi connectivity index (χ0v) is 26.5. The van der Waals surface area contributed by atoms with Gasteiger partial charge in [0.1, 0.15) is 0 Å². The van der Waals surface area contributed by atoms with E-state index >= 15 is 0 Å². The summed E-state index contributed by atoms with van der Waals surface area (Å²) in [5.74, 6) is 0.266. The Bertz CT molecular complexity index is 1630. The minimum absolute atomic E-state index is 0.00531. The molecule has 46 heavy (non-hydrogen) atoms. The van der Waals surface area contributed by atoms with Crippen LogP contribution in [0.4, 0.5) is 18.9 Å². The zero-order chi connectivity index (χ0) is 32.9. The summed E-state index contributed by atoms with van der Waals surface area (Å²) in [7, 11) is -3.37. The van der Waals surface area contributed by atoms with Crippen molar-refractivity contribution in [1.82, 2.24) is 5.32 Å². The number of nitrogens with one attached hydrogen (secondary N) is 1.